The van der Waals surface area contributed by atoms with Crippen LogP contribution < -0.4 is 0 Å². The summed E-state index contributed by atoms with van der Waals surface area (Å²) in [5.74, 6) is 1.34. The number of amides is 1. The highest BCUT2D eigenvalue weighted by Gasteiger charge is 2.40. The minimum Gasteiger partial charge on any atom is -0.446 e. The van der Waals surface area contributed by atoms with Gasteiger partial charge in [0.1, 0.15) is 6.10 Å². The normalized spacial score (nSPS) is 29.3. The smallest absolute Gasteiger partial charge is 0.410 e. The number of ether oxygens (including phenoxy) is 1. The lowest BCUT2D eigenvalue weighted by molar-refractivity contribution is -0.0297. The molecule has 3 nitrogen and oxygen atoms in total. The van der Waals surface area contributed by atoms with E-state index in [0.29, 0.717) is 5.92 Å². The molecule has 2 bridgehead atoms. The number of fused-ring (bicyclic) bond motifs is 4. The molecule has 1 heterocycles. The molecule has 4 aliphatic rings. The SMILES string of the molecule is O=C(O[C@H]1CC2CCC1CC2)N1CCc2ccccc2[C@@H]1c1ccccc1. The first-order chi connectivity index (χ1) is 13.3. The van der Waals surface area contributed by atoms with Crippen molar-refractivity contribution >= 4 is 6.09 Å². The van der Waals surface area contributed by atoms with Crippen LogP contribution in [-0.2, 0) is 11.2 Å². The molecule has 0 unspecified atom stereocenters. The molecular weight excluding hydrogens is 334 g/mol. The Morgan fingerprint density at radius 1 is 0.926 bits per heavy atom. The maximum atomic E-state index is 13.2. The van der Waals surface area contributed by atoms with E-state index in [9.17, 15) is 4.79 Å². The fourth-order valence-corrected chi connectivity index (χ4v) is 5.42. The Bertz CT molecular complexity index is 810. The average Bonchev–Trinajstić information content (AvgIpc) is 2.74. The third-order valence-electron chi connectivity index (χ3n) is 6.87. The summed E-state index contributed by atoms with van der Waals surface area (Å²) in [6.45, 7) is 0.718. The topological polar surface area (TPSA) is 29.5 Å². The zero-order valence-electron chi connectivity index (χ0n) is 15.7. The van der Waals surface area contributed by atoms with E-state index in [1.54, 1.807) is 0 Å². The van der Waals surface area contributed by atoms with Gasteiger partial charge < -0.3 is 4.74 Å². The minimum absolute atomic E-state index is 0.0515. The lowest BCUT2D eigenvalue weighted by Gasteiger charge is -2.43. The van der Waals surface area contributed by atoms with Gasteiger partial charge in [-0.2, -0.15) is 0 Å². The molecule has 0 radical (unpaired) electrons. The Balaban J connectivity index is 1.43. The molecule has 6 rings (SSSR count). The van der Waals surface area contributed by atoms with Crippen molar-refractivity contribution in [3.8, 4) is 0 Å². The summed E-state index contributed by atoms with van der Waals surface area (Å²) in [7, 11) is 0. The van der Waals surface area contributed by atoms with Gasteiger partial charge in [0.25, 0.3) is 0 Å². The highest BCUT2D eigenvalue weighted by Crippen LogP contribution is 2.43. The molecular formula is C24H27NO2. The standard InChI is InChI=1S/C24H27NO2/c26-24(27-22-16-17-10-12-19(22)13-11-17)25-15-14-18-6-4-5-9-21(18)23(25)20-7-2-1-3-8-20/h1-9,17,19,22-23H,10-16H2/t17?,19?,22-,23-/m0/s1. The molecule has 1 aliphatic heterocycles. The molecule has 140 valence electrons. The summed E-state index contributed by atoms with van der Waals surface area (Å²) in [5.41, 5.74) is 3.73. The quantitative estimate of drug-likeness (QED) is 0.722. The highest BCUT2D eigenvalue weighted by molar-refractivity contribution is 5.70. The third kappa shape index (κ3) is 3.13. The monoisotopic (exact) mass is 361 g/mol. The molecule has 3 saturated carbocycles. The summed E-state index contributed by atoms with van der Waals surface area (Å²) in [4.78, 5) is 15.2. The van der Waals surface area contributed by atoms with Crippen molar-refractivity contribution in [3.05, 3.63) is 71.3 Å². The van der Waals surface area contributed by atoms with Crippen LogP contribution in [0.15, 0.2) is 54.6 Å². The molecule has 0 saturated heterocycles. The van der Waals surface area contributed by atoms with Crippen LogP contribution in [0.1, 0.15) is 54.8 Å². The number of rotatable bonds is 2. The number of benzene rings is 2. The zero-order chi connectivity index (χ0) is 18.2. The highest BCUT2D eigenvalue weighted by atomic mass is 16.6. The van der Waals surface area contributed by atoms with E-state index in [0.717, 1.165) is 30.9 Å². The summed E-state index contributed by atoms with van der Waals surface area (Å²) in [6, 6.07) is 18.8. The van der Waals surface area contributed by atoms with E-state index in [1.165, 1.54) is 36.8 Å². The van der Waals surface area contributed by atoms with E-state index in [-0.39, 0.29) is 18.2 Å². The molecule has 27 heavy (non-hydrogen) atoms. The lowest BCUT2D eigenvalue weighted by atomic mass is 9.69. The van der Waals surface area contributed by atoms with Gasteiger partial charge in [-0.05, 0) is 67.1 Å². The Hall–Kier alpha value is -2.29. The van der Waals surface area contributed by atoms with Crippen LogP contribution in [0.3, 0.4) is 0 Å². The van der Waals surface area contributed by atoms with Gasteiger partial charge >= 0.3 is 6.09 Å². The Morgan fingerprint density at radius 3 is 2.41 bits per heavy atom. The average molecular weight is 361 g/mol. The van der Waals surface area contributed by atoms with Crippen molar-refractivity contribution in [2.24, 2.45) is 11.8 Å². The van der Waals surface area contributed by atoms with Crippen molar-refractivity contribution in [3.63, 3.8) is 0 Å². The predicted molar refractivity (Wildman–Crippen MR) is 105 cm³/mol. The van der Waals surface area contributed by atoms with Crippen molar-refractivity contribution in [2.75, 3.05) is 6.54 Å². The zero-order valence-corrected chi connectivity index (χ0v) is 15.7. The summed E-state index contributed by atoms with van der Waals surface area (Å²) in [5, 5.41) is 0. The molecule has 3 heteroatoms. The fourth-order valence-electron chi connectivity index (χ4n) is 5.42. The van der Waals surface area contributed by atoms with Gasteiger partial charge in [0.15, 0.2) is 0 Å². The first-order valence-electron chi connectivity index (χ1n) is 10.4. The second-order valence-corrected chi connectivity index (χ2v) is 8.39. The number of hydrogen-bond acceptors (Lipinski definition) is 2. The van der Waals surface area contributed by atoms with Gasteiger partial charge in [0.05, 0.1) is 6.04 Å². The maximum Gasteiger partial charge on any atom is 0.410 e. The van der Waals surface area contributed by atoms with Crippen LogP contribution in [0.5, 0.6) is 0 Å². The van der Waals surface area contributed by atoms with E-state index in [2.05, 4.69) is 48.5 Å². The molecule has 3 fully saturated rings. The largest absolute Gasteiger partial charge is 0.446 e. The lowest BCUT2D eigenvalue weighted by Crippen LogP contribution is -2.45. The summed E-state index contributed by atoms with van der Waals surface area (Å²) >= 11 is 0. The second-order valence-electron chi connectivity index (χ2n) is 8.39. The van der Waals surface area contributed by atoms with E-state index in [1.807, 2.05) is 11.0 Å². The third-order valence-corrected chi connectivity index (χ3v) is 6.87. The molecule has 3 aliphatic carbocycles. The fraction of sp³-hybridized carbons (Fsp3) is 0.458. The van der Waals surface area contributed by atoms with Crippen LogP contribution in [0.25, 0.3) is 0 Å². The Kier molecular flexibility index (Phi) is 4.39. The number of nitrogens with zero attached hydrogens (tertiary/aromatic N) is 1. The first-order valence-corrected chi connectivity index (χ1v) is 10.4. The van der Waals surface area contributed by atoms with E-state index >= 15 is 0 Å². The summed E-state index contributed by atoms with van der Waals surface area (Å²) < 4.78 is 6.12. The van der Waals surface area contributed by atoms with Crippen LogP contribution in [0.2, 0.25) is 0 Å². The molecule has 2 aromatic rings. The number of hydrogen-bond donors (Lipinski definition) is 0. The predicted octanol–water partition coefficient (Wildman–Crippen LogP) is 5.35. The van der Waals surface area contributed by atoms with Crippen molar-refractivity contribution in [2.45, 2.75) is 50.7 Å². The molecule has 0 N–H and O–H groups in total. The molecule has 0 spiro atoms. The second kappa shape index (κ2) is 7.03. The summed E-state index contributed by atoms with van der Waals surface area (Å²) in [6.07, 6.45) is 7.06. The van der Waals surface area contributed by atoms with Crippen molar-refractivity contribution in [1.82, 2.24) is 4.90 Å². The van der Waals surface area contributed by atoms with Crippen molar-refractivity contribution in [1.29, 1.82) is 0 Å². The van der Waals surface area contributed by atoms with Gasteiger partial charge in [-0.25, -0.2) is 4.79 Å². The molecule has 2 aromatic carbocycles. The van der Waals surface area contributed by atoms with Crippen molar-refractivity contribution < 1.29 is 9.53 Å². The van der Waals surface area contributed by atoms with Gasteiger partial charge in [-0.1, -0.05) is 54.6 Å². The number of carbonyl (C=O) groups is 1. The number of carbonyl (C=O) groups excluding carboxylic acids is 1. The molecule has 2 atom stereocenters. The van der Waals surface area contributed by atoms with Crippen LogP contribution >= 0.6 is 0 Å². The van der Waals surface area contributed by atoms with Crippen LogP contribution in [0, 0.1) is 11.8 Å². The first kappa shape index (κ1) is 16.9. The Morgan fingerprint density at radius 2 is 1.67 bits per heavy atom. The van der Waals surface area contributed by atoms with Gasteiger partial charge in [-0.3, -0.25) is 4.90 Å². The Labute approximate surface area is 161 Å². The van der Waals surface area contributed by atoms with E-state index < -0.39 is 0 Å². The van der Waals surface area contributed by atoms with Gasteiger partial charge in [0.2, 0.25) is 0 Å². The maximum absolute atomic E-state index is 13.2. The van der Waals surface area contributed by atoms with Crippen LogP contribution in [-0.4, -0.2) is 23.6 Å². The van der Waals surface area contributed by atoms with E-state index in [4.69, 9.17) is 4.74 Å². The molecule has 1 amide bonds. The van der Waals surface area contributed by atoms with Gasteiger partial charge in [-0.15, -0.1) is 0 Å². The van der Waals surface area contributed by atoms with Gasteiger partial charge in [0, 0.05) is 6.54 Å². The van der Waals surface area contributed by atoms with Crippen LogP contribution in [0.4, 0.5) is 4.79 Å². The molecule has 0 aromatic heterocycles. The minimum atomic E-state index is -0.129.